The lowest BCUT2D eigenvalue weighted by Gasteiger charge is -2.04. The number of rotatable bonds is 3. The zero-order valence-corrected chi connectivity index (χ0v) is 11.4. The van der Waals surface area contributed by atoms with E-state index in [-0.39, 0.29) is 0 Å². The van der Waals surface area contributed by atoms with Gasteiger partial charge in [0, 0.05) is 32.9 Å². The molecule has 16 heavy (non-hydrogen) atoms. The smallest absolute Gasteiger partial charge is 0.0538 e. The molecule has 0 spiro atoms. The topological polar surface area (TPSA) is 12.0 Å². The van der Waals surface area contributed by atoms with E-state index in [4.69, 9.17) is 0 Å². The summed E-state index contributed by atoms with van der Waals surface area (Å²) in [6.07, 6.45) is 0. The number of aryl methyl sites for hydroxylation is 2. The quantitative estimate of drug-likeness (QED) is 0.856. The zero-order chi connectivity index (χ0) is 11.7. The average molecular weight is 249 g/mol. The summed E-state index contributed by atoms with van der Waals surface area (Å²) in [5, 5.41) is 3.13. The minimum absolute atomic E-state index is 0.991. The minimum atomic E-state index is 0.991. The summed E-state index contributed by atoms with van der Waals surface area (Å²) >= 11 is 3.67. The fourth-order valence-electron chi connectivity index (χ4n) is 1.61. The SMILES string of the molecule is C=C(NC)c1cc(C)sc1-c1ccc(C)s1. The molecule has 0 radical (unpaired) electrons. The van der Waals surface area contributed by atoms with Crippen molar-refractivity contribution in [2.24, 2.45) is 0 Å². The van der Waals surface area contributed by atoms with Gasteiger partial charge >= 0.3 is 0 Å². The van der Waals surface area contributed by atoms with Crippen molar-refractivity contribution in [1.29, 1.82) is 0 Å². The van der Waals surface area contributed by atoms with Crippen molar-refractivity contribution in [3.63, 3.8) is 0 Å². The van der Waals surface area contributed by atoms with Crippen LogP contribution in [0.5, 0.6) is 0 Å². The van der Waals surface area contributed by atoms with Gasteiger partial charge in [-0.3, -0.25) is 0 Å². The van der Waals surface area contributed by atoms with Gasteiger partial charge in [-0.15, -0.1) is 22.7 Å². The minimum Gasteiger partial charge on any atom is -0.388 e. The lowest BCUT2D eigenvalue weighted by atomic mass is 10.2. The van der Waals surface area contributed by atoms with E-state index in [1.165, 1.54) is 25.1 Å². The molecule has 0 amide bonds. The van der Waals surface area contributed by atoms with Crippen LogP contribution in [-0.4, -0.2) is 7.05 Å². The maximum absolute atomic E-state index is 4.05. The first-order valence-electron chi connectivity index (χ1n) is 5.16. The van der Waals surface area contributed by atoms with Gasteiger partial charge in [-0.2, -0.15) is 0 Å². The van der Waals surface area contributed by atoms with E-state index < -0.39 is 0 Å². The highest BCUT2D eigenvalue weighted by molar-refractivity contribution is 7.22. The Balaban J connectivity index is 2.52. The first-order chi connectivity index (χ1) is 7.61. The van der Waals surface area contributed by atoms with Gasteiger partial charge in [0.15, 0.2) is 0 Å². The summed E-state index contributed by atoms with van der Waals surface area (Å²) in [6, 6.07) is 6.56. The van der Waals surface area contributed by atoms with Crippen LogP contribution in [0.2, 0.25) is 0 Å². The highest BCUT2D eigenvalue weighted by atomic mass is 32.1. The van der Waals surface area contributed by atoms with E-state index >= 15 is 0 Å². The summed E-state index contributed by atoms with van der Waals surface area (Å²) in [4.78, 5) is 5.34. The number of nitrogens with one attached hydrogen (secondary N) is 1. The summed E-state index contributed by atoms with van der Waals surface area (Å²) in [5.41, 5.74) is 2.22. The van der Waals surface area contributed by atoms with Gasteiger partial charge in [-0.1, -0.05) is 6.58 Å². The van der Waals surface area contributed by atoms with Crippen molar-refractivity contribution in [3.05, 3.63) is 40.1 Å². The molecule has 2 aromatic heterocycles. The van der Waals surface area contributed by atoms with Crippen molar-refractivity contribution in [2.75, 3.05) is 7.05 Å². The number of hydrogen-bond donors (Lipinski definition) is 1. The average Bonchev–Trinajstić information content (AvgIpc) is 2.83. The van der Waals surface area contributed by atoms with Crippen LogP contribution in [-0.2, 0) is 0 Å². The second-order valence-corrected chi connectivity index (χ2v) is 6.28. The van der Waals surface area contributed by atoms with E-state index in [2.05, 4.69) is 43.9 Å². The zero-order valence-electron chi connectivity index (χ0n) is 9.76. The summed E-state index contributed by atoms with van der Waals surface area (Å²) in [6.45, 7) is 8.33. The fourth-order valence-corrected chi connectivity index (χ4v) is 3.64. The second-order valence-electron chi connectivity index (χ2n) is 3.74. The van der Waals surface area contributed by atoms with Crippen LogP contribution < -0.4 is 5.32 Å². The molecule has 0 aromatic carbocycles. The van der Waals surface area contributed by atoms with Crippen molar-refractivity contribution < 1.29 is 0 Å². The summed E-state index contributed by atoms with van der Waals surface area (Å²) in [7, 11) is 1.92. The molecule has 1 N–H and O–H groups in total. The van der Waals surface area contributed by atoms with Gasteiger partial charge in [0.1, 0.15) is 0 Å². The molecule has 0 saturated carbocycles. The summed E-state index contributed by atoms with van der Waals surface area (Å²) < 4.78 is 0. The molecular formula is C13H15NS2. The van der Waals surface area contributed by atoms with Gasteiger partial charge in [-0.25, -0.2) is 0 Å². The van der Waals surface area contributed by atoms with Crippen molar-refractivity contribution in [2.45, 2.75) is 13.8 Å². The monoisotopic (exact) mass is 249 g/mol. The molecule has 0 aliphatic carbocycles. The first kappa shape index (κ1) is 11.4. The van der Waals surface area contributed by atoms with E-state index in [0.29, 0.717) is 0 Å². The van der Waals surface area contributed by atoms with Crippen molar-refractivity contribution in [1.82, 2.24) is 5.32 Å². The molecule has 3 heteroatoms. The van der Waals surface area contributed by atoms with Crippen LogP contribution in [0, 0.1) is 13.8 Å². The predicted molar refractivity (Wildman–Crippen MR) is 75.2 cm³/mol. The molecule has 2 aromatic rings. The molecule has 84 valence electrons. The van der Waals surface area contributed by atoms with E-state index in [1.807, 2.05) is 29.7 Å². The maximum Gasteiger partial charge on any atom is 0.0538 e. The molecule has 0 aliphatic rings. The van der Waals surface area contributed by atoms with Gasteiger partial charge in [-0.05, 0) is 32.0 Å². The van der Waals surface area contributed by atoms with Crippen LogP contribution in [0.3, 0.4) is 0 Å². The Morgan fingerprint density at radius 2 is 1.94 bits per heavy atom. The molecule has 0 atom stereocenters. The maximum atomic E-state index is 4.05. The Labute approximate surface area is 104 Å². The largest absolute Gasteiger partial charge is 0.388 e. The van der Waals surface area contributed by atoms with Crippen molar-refractivity contribution in [3.8, 4) is 9.75 Å². The lowest BCUT2D eigenvalue weighted by molar-refractivity contribution is 1.14. The standard InChI is InChI=1S/C13H15NS2/c1-8-5-6-12(15-8)13-11(10(3)14-4)7-9(2)16-13/h5-7,14H,3H2,1-2,4H3. The fraction of sp³-hybridized carbons (Fsp3) is 0.231. The molecule has 0 aliphatic heterocycles. The molecule has 1 nitrogen and oxygen atoms in total. The molecule has 2 heterocycles. The Hall–Kier alpha value is -1.06. The third-order valence-corrected chi connectivity index (χ3v) is 4.68. The Kier molecular flexibility index (Phi) is 3.17. The van der Waals surface area contributed by atoms with E-state index in [0.717, 1.165) is 5.70 Å². The highest BCUT2D eigenvalue weighted by Gasteiger charge is 2.12. The van der Waals surface area contributed by atoms with E-state index in [1.54, 1.807) is 0 Å². The lowest BCUT2D eigenvalue weighted by Crippen LogP contribution is -2.02. The van der Waals surface area contributed by atoms with Crippen LogP contribution in [0.4, 0.5) is 0 Å². The third-order valence-electron chi connectivity index (χ3n) is 2.45. The molecule has 2 rings (SSSR count). The van der Waals surface area contributed by atoms with Crippen LogP contribution in [0.1, 0.15) is 15.3 Å². The summed E-state index contributed by atoms with van der Waals surface area (Å²) in [5.74, 6) is 0. The van der Waals surface area contributed by atoms with Gasteiger partial charge in [0.25, 0.3) is 0 Å². The molecule has 0 unspecified atom stereocenters. The molecular weight excluding hydrogens is 234 g/mol. The third kappa shape index (κ3) is 2.06. The Morgan fingerprint density at radius 1 is 1.19 bits per heavy atom. The molecule has 0 bridgehead atoms. The molecule has 0 fully saturated rings. The van der Waals surface area contributed by atoms with Gasteiger partial charge in [0.05, 0.1) is 4.88 Å². The van der Waals surface area contributed by atoms with Crippen LogP contribution in [0.25, 0.3) is 15.5 Å². The van der Waals surface area contributed by atoms with E-state index in [9.17, 15) is 0 Å². The van der Waals surface area contributed by atoms with Gasteiger partial charge < -0.3 is 5.32 Å². The normalized spacial score (nSPS) is 10.4. The first-order valence-corrected chi connectivity index (χ1v) is 6.79. The number of hydrogen-bond acceptors (Lipinski definition) is 3. The molecule has 0 saturated heterocycles. The second kappa shape index (κ2) is 4.44. The van der Waals surface area contributed by atoms with Crippen LogP contribution in [0.15, 0.2) is 24.8 Å². The van der Waals surface area contributed by atoms with Crippen molar-refractivity contribution >= 4 is 28.4 Å². The Bertz CT molecular complexity index is 520. The predicted octanol–water partition coefficient (Wildman–Crippen LogP) is 4.28. The number of thiophene rings is 2. The Morgan fingerprint density at radius 3 is 2.50 bits per heavy atom. The van der Waals surface area contributed by atoms with Gasteiger partial charge in [0.2, 0.25) is 0 Å². The van der Waals surface area contributed by atoms with Crippen LogP contribution >= 0.6 is 22.7 Å². The highest BCUT2D eigenvalue weighted by Crippen LogP contribution is 2.38.